The fraction of sp³-hybridized carbons (Fsp3) is 0.935. The fourth-order valence-corrected chi connectivity index (χ4v) is 12.3. The maximum absolute atomic E-state index is 13.1. The third kappa shape index (κ3) is 5.48. The minimum atomic E-state index is -3.18. The quantitative estimate of drug-likeness (QED) is 0.357. The molecule has 10 atom stereocenters. The van der Waals surface area contributed by atoms with Gasteiger partial charge in [0.2, 0.25) is 5.91 Å². The summed E-state index contributed by atoms with van der Waals surface area (Å²) in [4.78, 5) is 24.6. The summed E-state index contributed by atoms with van der Waals surface area (Å²) < 4.78 is 23.9. The molecule has 0 unspecified atom stereocenters. The molecular weight excluding hydrogens is 530 g/mol. The monoisotopic (exact) mass is 581 g/mol. The first-order valence-electron chi connectivity index (χ1n) is 15.8. The number of rotatable bonds is 7. The van der Waals surface area contributed by atoms with E-state index in [-0.39, 0.29) is 59.7 Å². The van der Waals surface area contributed by atoms with E-state index >= 15 is 0 Å². The molecule has 1 amide bonds. The number of aliphatic hydroxyl groups is 2. The molecule has 1 aliphatic heterocycles. The second-order valence-electron chi connectivity index (χ2n) is 15.0. The fourth-order valence-electron chi connectivity index (χ4n) is 10.7. The molecule has 5 rings (SSSR count). The Balaban J connectivity index is 1.22. The highest BCUT2D eigenvalue weighted by Crippen LogP contribution is 2.68. The van der Waals surface area contributed by atoms with Gasteiger partial charge in [0.15, 0.2) is 0 Å². The molecule has 4 saturated carbocycles. The van der Waals surface area contributed by atoms with Crippen LogP contribution in [0.1, 0.15) is 104 Å². The molecule has 0 radical (unpaired) electrons. The number of hydrogen-bond donors (Lipinski definition) is 4. The Labute approximate surface area is 240 Å². The highest BCUT2D eigenvalue weighted by Gasteiger charge is 2.62. The van der Waals surface area contributed by atoms with Gasteiger partial charge in [0.05, 0.1) is 35.7 Å². The van der Waals surface area contributed by atoms with Gasteiger partial charge in [0.25, 0.3) is 0 Å². The molecule has 0 spiro atoms. The average molecular weight is 582 g/mol. The summed E-state index contributed by atoms with van der Waals surface area (Å²) in [5.74, 6) is 1.12. The summed E-state index contributed by atoms with van der Waals surface area (Å²) in [6, 6.07) is 0. The molecule has 0 aromatic carbocycles. The van der Waals surface area contributed by atoms with E-state index in [0.717, 1.165) is 51.4 Å². The normalized spacial score (nSPS) is 44.5. The molecule has 4 N–H and O–H groups in total. The van der Waals surface area contributed by atoms with Gasteiger partial charge < -0.3 is 20.6 Å². The number of aliphatic hydroxyl groups excluding tert-OH is 2. The lowest BCUT2D eigenvalue weighted by Gasteiger charge is -2.62. The van der Waals surface area contributed by atoms with Crippen LogP contribution in [-0.2, 0) is 19.4 Å². The van der Waals surface area contributed by atoms with Crippen LogP contribution in [0.5, 0.6) is 0 Å². The number of carboxylic acid groups (broad SMARTS) is 1. The summed E-state index contributed by atoms with van der Waals surface area (Å²) in [5, 5.41) is 34.2. The van der Waals surface area contributed by atoms with Crippen molar-refractivity contribution in [3.63, 3.8) is 0 Å². The van der Waals surface area contributed by atoms with Crippen LogP contribution in [-0.4, -0.2) is 64.9 Å². The van der Waals surface area contributed by atoms with Crippen molar-refractivity contribution in [1.82, 2.24) is 5.32 Å². The van der Waals surface area contributed by atoms with Gasteiger partial charge in [0, 0.05) is 6.42 Å². The molecule has 1 saturated heterocycles. The van der Waals surface area contributed by atoms with E-state index in [9.17, 15) is 33.3 Å². The number of carbonyl (C=O) groups is 2. The minimum absolute atomic E-state index is 0.0901. The Morgan fingerprint density at radius 3 is 2.25 bits per heavy atom. The molecule has 8 nitrogen and oxygen atoms in total. The van der Waals surface area contributed by atoms with Crippen LogP contribution in [0.25, 0.3) is 0 Å². The number of fused-ring (bicyclic) bond motifs is 5. The molecule has 4 aliphatic carbocycles. The highest BCUT2D eigenvalue weighted by molar-refractivity contribution is 7.91. The first kappa shape index (κ1) is 30.3. The number of sulfone groups is 1. The second kappa shape index (κ2) is 10.8. The number of carboxylic acids is 1. The van der Waals surface area contributed by atoms with Crippen LogP contribution < -0.4 is 5.32 Å². The number of amides is 1. The lowest BCUT2D eigenvalue weighted by molar-refractivity contribution is -0.174. The Morgan fingerprint density at radius 2 is 1.57 bits per heavy atom. The van der Waals surface area contributed by atoms with Crippen molar-refractivity contribution in [3.8, 4) is 0 Å². The van der Waals surface area contributed by atoms with Crippen molar-refractivity contribution in [2.75, 3.05) is 11.5 Å². The van der Waals surface area contributed by atoms with Crippen LogP contribution in [0.4, 0.5) is 0 Å². The number of nitrogens with one attached hydrogen (secondary N) is 1. The zero-order chi connectivity index (χ0) is 29.1. The van der Waals surface area contributed by atoms with E-state index in [1.807, 2.05) is 0 Å². The first-order valence-corrected chi connectivity index (χ1v) is 17.6. The second-order valence-corrected chi connectivity index (χ2v) is 17.3. The topological polar surface area (TPSA) is 141 Å². The van der Waals surface area contributed by atoms with Crippen LogP contribution in [0, 0.1) is 46.3 Å². The van der Waals surface area contributed by atoms with Gasteiger partial charge in [-0.1, -0.05) is 20.8 Å². The Morgan fingerprint density at radius 1 is 0.925 bits per heavy atom. The predicted molar refractivity (Wildman–Crippen MR) is 152 cm³/mol. The van der Waals surface area contributed by atoms with E-state index in [1.54, 1.807) is 0 Å². The summed E-state index contributed by atoms with van der Waals surface area (Å²) in [6.07, 6.45) is 8.60. The lowest BCUT2D eigenvalue weighted by atomic mass is 9.43. The molecule has 1 heterocycles. The van der Waals surface area contributed by atoms with Crippen molar-refractivity contribution in [2.24, 2.45) is 46.3 Å². The van der Waals surface area contributed by atoms with Gasteiger partial charge in [-0.05, 0) is 117 Å². The smallest absolute Gasteiger partial charge is 0.305 e. The number of carbonyl (C=O) groups excluding carboxylic acids is 1. The van der Waals surface area contributed by atoms with Crippen LogP contribution in [0.3, 0.4) is 0 Å². The van der Waals surface area contributed by atoms with Crippen molar-refractivity contribution < 1.29 is 33.3 Å². The zero-order valence-electron chi connectivity index (χ0n) is 24.6. The van der Waals surface area contributed by atoms with E-state index < -0.39 is 21.3 Å². The van der Waals surface area contributed by atoms with Crippen LogP contribution in [0.15, 0.2) is 0 Å². The molecule has 5 aliphatic rings. The van der Waals surface area contributed by atoms with E-state index in [2.05, 4.69) is 26.1 Å². The van der Waals surface area contributed by atoms with E-state index in [0.29, 0.717) is 48.3 Å². The van der Waals surface area contributed by atoms with Crippen LogP contribution >= 0.6 is 0 Å². The van der Waals surface area contributed by atoms with E-state index in [1.165, 1.54) is 0 Å². The molecule has 5 fully saturated rings. The van der Waals surface area contributed by atoms with Gasteiger partial charge >= 0.3 is 5.97 Å². The maximum atomic E-state index is 13.1. The summed E-state index contributed by atoms with van der Waals surface area (Å²) in [7, 11) is -3.18. The van der Waals surface area contributed by atoms with Crippen molar-refractivity contribution in [2.45, 2.75) is 122 Å². The van der Waals surface area contributed by atoms with Gasteiger partial charge in [0.1, 0.15) is 9.84 Å². The van der Waals surface area contributed by atoms with Crippen molar-refractivity contribution >= 4 is 21.7 Å². The van der Waals surface area contributed by atoms with Gasteiger partial charge in [-0.2, -0.15) is 0 Å². The molecule has 0 aromatic heterocycles. The van der Waals surface area contributed by atoms with Crippen molar-refractivity contribution in [1.29, 1.82) is 0 Å². The van der Waals surface area contributed by atoms with Crippen LogP contribution in [0.2, 0.25) is 0 Å². The Kier molecular flexibility index (Phi) is 8.19. The SMILES string of the molecule is C[C@H](CCC(=O)NC1(CC(=O)O)CCS(=O)(=O)CC1)[C@H]1CC[C@H]2[C@@H]3[C@@H](O)C[C@@H]4C[C@H](O)CC[C@]4(C)[C@H]3CC[C@]12C. The van der Waals surface area contributed by atoms with E-state index in [4.69, 9.17) is 0 Å². The van der Waals surface area contributed by atoms with Crippen molar-refractivity contribution in [3.05, 3.63) is 0 Å². The molecular formula is C31H51NO7S. The summed E-state index contributed by atoms with van der Waals surface area (Å²) >= 11 is 0. The molecule has 0 bridgehead atoms. The van der Waals surface area contributed by atoms with Gasteiger partial charge in [-0.15, -0.1) is 0 Å². The first-order chi connectivity index (χ1) is 18.7. The third-order valence-electron chi connectivity index (χ3n) is 12.9. The Hall–Kier alpha value is -1.19. The molecule has 228 valence electrons. The summed E-state index contributed by atoms with van der Waals surface area (Å²) in [5.41, 5.74) is -0.644. The summed E-state index contributed by atoms with van der Waals surface area (Å²) in [6.45, 7) is 7.11. The standard InChI is InChI=1S/C31H51NO7S/c1-19(4-7-26(35)32-31(18-27(36)37)12-14-40(38,39)15-13-31)22-5-6-23-28-24(9-11-30(22,23)3)29(2)10-8-21(33)16-20(29)17-25(28)34/h19-25,28,33-34H,4-18H2,1-3H3,(H,32,35)(H,36,37)/t19-,20+,21-,22-,23+,24+,25+,28+,29+,30-/m1/s1. The largest absolute Gasteiger partial charge is 0.481 e. The third-order valence-corrected chi connectivity index (χ3v) is 14.6. The highest BCUT2D eigenvalue weighted by atomic mass is 32.2. The minimum Gasteiger partial charge on any atom is -0.481 e. The predicted octanol–water partition coefficient (Wildman–Crippen LogP) is 3.93. The molecule has 40 heavy (non-hydrogen) atoms. The zero-order valence-corrected chi connectivity index (χ0v) is 25.4. The maximum Gasteiger partial charge on any atom is 0.305 e. The Bertz CT molecular complexity index is 1080. The molecule has 0 aromatic rings. The van der Waals surface area contributed by atoms with Gasteiger partial charge in [-0.25, -0.2) is 8.42 Å². The number of hydrogen-bond acceptors (Lipinski definition) is 6. The number of aliphatic carboxylic acids is 1. The van der Waals surface area contributed by atoms with Gasteiger partial charge in [-0.3, -0.25) is 9.59 Å². The molecule has 9 heteroatoms. The lowest BCUT2D eigenvalue weighted by Crippen LogP contribution is -2.58. The average Bonchev–Trinajstić information content (AvgIpc) is 3.22.